The average molecular weight is 329 g/mol. The van der Waals surface area contributed by atoms with E-state index < -0.39 is 9.84 Å². The quantitative estimate of drug-likeness (QED) is 0.870. The summed E-state index contributed by atoms with van der Waals surface area (Å²) in [5, 5.41) is 0. The fraction of sp³-hybridized carbons (Fsp3) is 0.278. The van der Waals surface area contributed by atoms with E-state index >= 15 is 0 Å². The Bertz CT molecular complexity index is 858. The Balaban J connectivity index is 1.94. The highest BCUT2D eigenvalue weighted by Crippen LogP contribution is 2.33. The lowest BCUT2D eigenvalue weighted by Crippen LogP contribution is -2.35. The van der Waals surface area contributed by atoms with E-state index in [9.17, 15) is 13.2 Å². The number of carbonyl (C=O) groups excluding carboxylic acids is 1. The van der Waals surface area contributed by atoms with E-state index in [1.54, 1.807) is 29.2 Å². The molecule has 3 rings (SSSR count). The normalized spacial score (nSPS) is 17.1. The lowest BCUT2D eigenvalue weighted by atomic mass is 10.1. The Morgan fingerprint density at radius 2 is 1.91 bits per heavy atom. The van der Waals surface area contributed by atoms with Crippen molar-refractivity contribution in [3.05, 3.63) is 65.2 Å². The molecule has 1 heterocycles. The van der Waals surface area contributed by atoms with Crippen molar-refractivity contribution in [3.8, 4) is 0 Å². The summed E-state index contributed by atoms with van der Waals surface area (Å²) in [5.41, 5.74) is 3.27. The number of hydrogen-bond donors (Lipinski definition) is 0. The molecule has 120 valence electrons. The van der Waals surface area contributed by atoms with Crippen LogP contribution >= 0.6 is 0 Å². The van der Waals surface area contributed by atoms with E-state index in [2.05, 4.69) is 0 Å². The topological polar surface area (TPSA) is 54.5 Å². The SMILES string of the molecule is CC1Cc2ccccc2N1C(=O)c1cccc(CS(C)(=O)=O)c1. The molecule has 1 atom stereocenters. The van der Waals surface area contributed by atoms with Gasteiger partial charge in [-0.2, -0.15) is 0 Å². The van der Waals surface area contributed by atoms with Crippen LogP contribution in [0.4, 0.5) is 5.69 Å². The molecule has 0 saturated heterocycles. The van der Waals surface area contributed by atoms with Crippen molar-refractivity contribution in [1.29, 1.82) is 0 Å². The minimum atomic E-state index is -3.12. The van der Waals surface area contributed by atoms with Crippen LogP contribution in [0.5, 0.6) is 0 Å². The molecule has 0 saturated carbocycles. The average Bonchev–Trinajstić information content (AvgIpc) is 2.81. The van der Waals surface area contributed by atoms with Gasteiger partial charge in [0.15, 0.2) is 9.84 Å². The summed E-state index contributed by atoms with van der Waals surface area (Å²) in [4.78, 5) is 14.7. The van der Waals surface area contributed by atoms with E-state index in [0.717, 1.165) is 12.1 Å². The van der Waals surface area contributed by atoms with E-state index in [0.29, 0.717) is 11.1 Å². The molecule has 2 aromatic carbocycles. The highest BCUT2D eigenvalue weighted by atomic mass is 32.2. The van der Waals surface area contributed by atoms with Crippen molar-refractivity contribution in [2.24, 2.45) is 0 Å². The zero-order valence-corrected chi connectivity index (χ0v) is 14.0. The van der Waals surface area contributed by atoms with Gasteiger partial charge in [-0.15, -0.1) is 0 Å². The summed E-state index contributed by atoms with van der Waals surface area (Å²) in [6, 6.07) is 14.9. The maximum Gasteiger partial charge on any atom is 0.258 e. The fourth-order valence-corrected chi connectivity index (χ4v) is 3.90. The van der Waals surface area contributed by atoms with Gasteiger partial charge >= 0.3 is 0 Å². The van der Waals surface area contributed by atoms with Gasteiger partial charge in [-0.1, -0.05) is 30.3 Å². The largest absolute Gasteiger partial charge is 0.305 e. The van der Waals surface area contributed by atoms with Crippen LogP contribution in [-0.4, -0.2) is 26.6 Å². The number of hydrogen-bond acceptors (Lipinski definition) is 3. The molecule has 0 radical (unpaired) electrons. The number of anilines is 1. The fourth-order valence-electron chi connectivity index (χ4n) is 3.11. The second-order valence-corrected chi connectivity index (χ2v) is 8.27. The van der Waals surface area contributed by atoms with Crippen LogP contribution in [-0.2, 0) is 22.0 Å². The molecule has 2 aromatic rings. The van der Waals surface area contributed by atoms with Gasteiger partial charge in [0.1, 0.15) is 0 Å². The highest BCUT2D eigenvalue weighted by Gasteiger charge is 2.31. The van der Waals surface area contributed by atoms with E-state index in [4.69, 9.17) is 0 Å². The third-order valence-electron chi connectivity index (χ3n) is 4.03. The van der Waals surface area contributed by atoms with Gasteiger partial charge in [0, 0.05) is 23.5 Å². The summed E-state index contributed by atoms with van der Waals surface area (Å²) < 4.78 is 22.9. The van der Waals surface area contributed by atoms with Crippen LogP contribution in [0, 0.1) is 0 Å². The number of para-hydroxylation sites is 1. The molecule has 0 aromatic heterocycles. The predicted molar refractivity (Wildman–Crippen MR) is 91.4 cm³/mol. The van der Waals surface area contributed by atoms with Crippen molar-refractivity contribution in [2.45, 2.75) is 25.1 Å². The summed E-state index contributed by atoms with van der Waals surface area (Å²) in [7, 11) is -3.12. The Morgan fingerprint density at radius 1 is 1.17 bits per heavy atom. The zero-order valence-electron chi connectivity index (χ0n) is 13.2. The number of fused-ring (bicyclic) bond motifs is 1. The predicted octanol–water partition coefficient (Wildman–Crippen LogP) is 2.82. The Morgan fingerprint density at radius 3 is 2.65 bits per heavy atom. The molecule has 5 heteroatoms. The summed E-state index contributed by atoms with van der Waals surface area (Å²) >= 11 is 0. The van der Waals surface area contributed by atoms with Gasteiger partial charge in [-0.05, 0) is 42.7 Å². The molecule has 1 amide bonds. The maximum atomic E-state index is 12.9. The molecule has 0 fully saturated rings. The van der Waals surface area contributed by atoms with Gasteiger partial charge in [-0.25, -0.2) is 8.42 Å². The Labute approximate surface area is 136 Å². The second kappa shape index (κ2) is 5.81. The molecule has 1 aliphatic rings. The highest BCUT2D eigenvalue weighted by molar-refractivity contribution is 7.89. The molecule has 0 spiro atoms. The van der Waals surface area contributed by atoms with Crippen molar-refractivity contribution in [3.63, 3.8) is 0 Å². The monoisotopic (exact) mass is 329 g/mol. The summed E-state index contributed by atoms with van der Waals surface area (Å²) in [6.07, 6.45) is 2.03. The molecule has 0 bridgehead atoms. The van der Waals surface area contributed by atoms with Crippen molar-refractivity contribution in [2.75, 3.05) is 11.2 Å². The zero-order chi connectivity index (χ0) is 16.6. The first-order chi connectivity index (χ1) is 10.8. The Kier molecular flexibility index (Phi) is 3.98. The third kappa shape index (κ3) is 3.29. The number of rotatable bonds is 3. The van der Waals surface area contributed by atoms with Gasteiger partial charge in [0.2, 0.25) is 0 Å². The lowest BCUT2D eigenvalue weighted by Gasteiger charge is -2.23. The van der Waals surface area contributed by atoms with Gasteiger partial charge in [0.05, 0.1) is 5.75 Å². The van der Waals surface area contributed by atoms with E-state index in [-0.39, 0.29) is 17.7 Å². The molecular formula is C18H19NO3S. The van der Waals surface area contributed by atoms with E-state index in [1.165, 1.54) is 11.8 Å². The Hall–Kier alpha value is -2.14. The first-order valence-corrected chi connectivity index (χ1v) is 9.59. The standard InChI is InChI=1S/C18H19NO3S/c1-13-10-15-7-3-4-9-17(15)19(13)18(20)16-8-5-6-14(11-16)12-23(2,21)22/h3-9,11,13H,10,12H2,1-2H3. The van der Waals surface area contributed by atoms with Crippen LogP contribution in [0.25, 0.3) is 0 Å². The van der Waals surface area contributed by atoms with Crippen molar-refractivity contribution in [1.82, 2.24) is 0 Å². The lowest BCUT2D eigenvalue weighted by molar-refractivity contribution is 0.0981. The van der Waals surface area contributed by atoms with Crippen LogP contribution in [0.15, 0.2) is 48.5 Å². The summed E-state index contributed by atoms with van der Waals surface area (Å²) in [5.74, 6) is -0.141. The molecule has 0 N–H and O–H groups in total. The second-order valence-electron chi connectivity index (χ2n) is 6.13. The molecule has 1 aliphatic heterocycles. The first-order valence-electron chi connectivity index (χ1n) is 7.53. The smallest absolute Gasteiger partial charge is 0.258 e. The van der Waals surface area contributed by atoms with Crippen LogP contribution in [0.1, 0.15) is 28.4 Å². The summed E-state index contributed by atoms with van der Waals surface area (Å²) in [6.45, 7) is 2.03. The van der Waals surface area contributed by atoms with Crippen molar-refractivity contribution >= 4 is 21.4 Å². The first kappa shape index (κ1) is 15.7. The van der Waals surface area contributed by atoms with Crippen LogP contribution in [0.3, 0.4) is 0 Å². The number of sulfone groups is 1. The van der Waals surface area contributed by atoms with Crippen LogP contribution < -0.4 is 4.90 Å². The number of benzene rings is 2. The minimum absolute atomic E-state index is 0.0553. The number of nitrogens with zero attached hydrogens (tertiary/aromatic N) is 1. The minimum Gasteiger partial charge on any atom is -0.305 e. The van der Waals surface area contributed by atoms with Crippen molar-refractivity contribution < 1.29 is 13.2 Å². The third-order valence-corrected chi connectivity index (χ3v) is 4.89. The van der Waals surface area contributed by atoms with Gasteiger partial charge in [0.25, 0.3) is 5.91 Å². The molecule has 23 heavy (non-hydrogen) atoms. The molecule has 0 aliphatic carbocycles. The van der Waals surface area contributed by atoms with Crippen LogP contribution in [0.2, 0.25) is 0 Å². The maximum absolute atomic E-state index is 12.9. The van der Waals surface area contributed by atoms with E-state index in [1.807, 2.05) is 31.2 Å². The van der Waals surface area contributed by atoms with Gasteiger partial charge < -0.3 is 4.90 Å². The van der Waals surface area contributed by atoms with Gasteiger partial charge in [-0.3, -0.25) is 4.79 Å². The number of carbonyl (C=O) groups is 1. The number of amides is 1. The molecule has 1 unspecified atom stereocenters. The molecular weight excluding hydrogens is 310 g/mol. The molecule has 4 nitrogen and oxygen atoms in total.